The highest BCUT2D eigenvalue weighted by molar-refractivity contribution is 6.01. The van der Waals surface area contributed by atoms with E-state index in [1.165, 1.54) is 9.80 Å². The van der Waals surface area contributed by atoms with E-state index in [1.54, 1.807) is 48.0 Å². The second kappa shape index (κ2) is 15.7. The molecule has 18 heteroatoms. The van der Waals surface area contributed by atoms with E-state index in [0.717, 1.165) is 11.1 Å². The molecule has 0 saturated carbocycles. The van der Waals surface area contributed by atoms with Crippen molar-refractivity contribution in [2.75, 3.05) is 23.9 Å². The molecular formula is C36H38N14O4. The number of aromatic amines is 2. The van der Waals surface area contributed by atoms with Crippen LogP contribution < -0.4 is 20.4 Å². The van der Waals surface area contributed by atoms with Crippen molar-refractivity contribution in [3.8, 4) is 0 Å². The van der Waals surface area contributed by atoms with Gasteiger partial charge in [-0.1, -0.05) is 60.7 Å². The van der Waals surface area contributed by atoms with Gasteiger partial charge >= 0.3 is 0 Å². The van der Waals surface area contributed by atoms with Crippen LogP contribution in [-0.2, 0) is 35.5 Å². The Labute approximate surface area is 309 Å². The molecule has 2 aliphatic heterocycles. The van der Waals surface area contributed by atoms with E-state index >= 15 is 0 Å². The Morgan fingerprint density at radius 2 is 1.06 bits per heavy atom. The van der Waals surface area contributed by atoms with Crippen LogP contribution in [0.4, 0.5) is 11.6 Å². The van der Waals surface area contributed by atoms with Gasteiger partial charge in [-0.2, -0.15) is 10.2 Å². The Bertz CT molecular complexity index is 2080. The van der Waals surface area contributed by atoms with E-state index in [4.69, 9.17) is 0 Å². The number of fused-ring (bicyclic) bond motifs is 2. The molecule has 4 N–H and O–H groups in total. The maximum Gasteiger partial charge on any atom is 0.291 e. The van der Waals surface area contributed by atoms with Crippen LogP contribution in [0.25, 0.3) is 0 Å². The predicted molar refractivity (Wildman–Crippen MR) is 194 cm³/mol. The highest BCUT2D eigenvalue weighted by atomic mass is 16.2. The van der Waals surface area contributed by atoms with Crippen molar-refractivity contribution >= 4 is 35.3 Å². The van der Waals surface area contributed by atoms with Gasteiger partial charge in [0.15, 0.2) is 0 Å². The number of benzene rings is 2. The van der Waals surface area contributed by atoms with Gasteiger partial charge in [-0.25, -0.2) is 19.3 Å². The Hall–Kier alpha value is -6.98. The van der Waals surface area contributed by atoms with Gasteiger partial charge in [-0.05, 0) is 24.0 Å². The predicted octanol–water partition coefficient (Wildman–Crippen LogP) is 1.51. The van der Waals surface area contributed by atoms with Gasteiger partial charge < -0.3 is 10.6 Å². The molecule has 4 amide bonds. The summed E-state index contributed by atoms with van der Waals surface area (Å²) in [5, 5.41) is 27.4. The minimum atomic E-state index is -0.653. The molecule has 6 aromatic rings. The molecule has 2 atom stereocenters. The number of likely N-dealkylation sites (N-methyl/N-ethyl adjacent to an activating group) is 2. The van der Waals surface area contributed by atoms with E-state index in [2.05, 4.69) is 51.2 Å². The lowest BCUT2D eigenvalue weighted by Gasteiger charge is -2.19. The lowest BCUT2D eigenvalue weighted by Crippen LogP contribution is -2.47. The normalized spacial score (nSPS) is 16.7. The van der Waals surface area contributed by atoms with Gasteiger partial charge in [0.05, 0.1) is 12.4 Å². The Kier molecular flexibility index (Phi) is 10.3. The molecule has 0 unspecified atom stereocenters. The number of carbonyl (C=O) groups excluding carboxylic acids is 4. The summed E-state index contributed by atoms with van der Waals surface area (Å²) in [4.78, 5) is 61.8. The van der Waals surface area contributed by atoms with E-state index in [9.17, 15) is 19.2 Å². The number of nitrogens with zero attached hydrogens (tertiary/aromatic N) is 10. The molecule has 0 saturated heterocycles. The van der Waals surface area contributed by atoms with Gasteiger partial charge in [0, 0.05) is 52.2 Å². The minimum absolute atomic E-state index is 0.0263. The smallest absolute Gasteiger partial charge is 0.291 e. The van der Waals surface area contributed by atoms with Gasteiger partial charge in [-0.3, -0.25) is 39.2 Å². The van der Waals surface area contributed by atoms with E-state index in [0.29, 0.717) is 62.1 Å². The molecule has 2 aromatic carbocycles. The number of aryl methyl sites for hydroxylation is 2. The molecule has 0 fully saturated rings. The summed E-state index contributed by atoms with van der Waals surface area (Å²) in [7, 11) is 3.34. The lowest BCUT2D eigenvalue weighted by atomic mass is 10.1. The van der Waals surface area contributed by atoms with Crippen LogP contribution in [0.15, 0.2) is 85.2 Å². The van der Waals surface area contributed by atoms with Gasteiger partial charge in [-0.15, -0.1) is 10.2 Å². The highest BCUT2D eigenvalue weighted by Crippen LogP contribution is 2.20. The maximum atomic E-state index is 12.6. The van der Waals surface area contributed by atoms with Crippen LogP contribution in [0.5, 0.6) is 0 Å². The highest BCUT2D eigenvalue weighted by Gasteiger charge is 2.32. The van der Waals surface area contributed by atoms with Crippen molar-refractivity contribution in [3.05, 3.63) is 120 Å². The van der Waals surface area contributed by atoms with Gasteiger partial charge in [0.1, 0.15) is 35.4 Å². The number of amides is 4. The first-order valence-electron chi connectivity index (χ1n) is 17.3. The zero-order chi connectivity index (χ0) is 37.6. The fraction of sp³-hybridized carbons (Fsp3) is 0.278. The maximum absolute atomic E-state index is 12.6. The zero-order valence-electron chi connectivity index (χ0n) is 29.6. The lowest BCUT2D eigenvalue weighted by molar-refractivity contribution is -0.120. The molecule has 54 heavy (non-hydrogen) atoms. The minimum Gasteiger partial charge on any atom is -0.337 e. The molecule has 0 radical (unpaired) electrons. The second-order valence-corrected chi connectivity index (χ2v) is 12.8. The van der Waals surface area contributed by atoms with Crippen molar-refractivity contribution in [1.29, 1.82) is 0 Å². The fourth-order valence-corrected chi connectivity index (χ4v) is 6.25. The monoisotopic (exact) mass is 730 g/mol. The van der Waals surface area contributed by atoms with Crippen LogP contribution in [0.3, 0.4) is 0 Å². The third-order valence-electron chi connectivity index (χ3n) is 9.10. The summed E-state index contributed by atoms with van der Waals surface area (Å²) >= 11 is 0. The average molecular weight is 731 g/mol. The summed E-state index contributed by atoms with van der Waals surface area (Å²) < 4.78 is 3.49. The number of nitrogens with one attached hydrogen (secondary N) is 4. The molecule has 0 aliphatic carbocycles. The number of hydrogen-bond donors (Lipinski definition) is 4. The molecule has 0 spiro atoms. The van der Waals surface area contributed by atoms with Crippen molar-refractivity contribution in [3.63, 3.8) is 0 Å². The summed E-state index contributed by atoms with van der Waals surface area (Å²) in [5.41, 5.74) is 2.13. The standard InChI is InChI=1S/2C18H19N7O2/c2*1-24-15-7-9-19-25(15)10-8-13(18(24)27)20-17(26)16-21-14(22-23-16)11-12-5-3-2-4-6-12/h2*2-7,9,13H,8,10-11H2,1H3,(H,20,26)(H,21,22,23)/t2*13-/m10/s1. The molecule has 18 nitrogen and oxygen atoms in total. The first kappa shape index (κ1) is 35.4. The zero-order valence-corrected chi connectivity index (χ0v) is 29.6. The van der Waals surface area contributed by atoms with E-state index in [-0.39, 0.29) is 23.5 Å². The summed E-state index contributed by atoms with van der Waals surface area (Å²) in [6.07, 6.45) is 5.30. The quantitative estimate of drug-likeness (QED) is 0.177. The molecule has 0 bridgehead atoms. The number of rotatable bonds is 8. The molecular weight excluding hydrogens is 692 g/mol. The largest absolute Gasteiger partial charge is 0.337 e. The van der Waals surface area contributed by atoms with Crippen molar-refractivity contribution in [2.45, 2.75) is 50.9 Å². The number of hydrogen-bond acceptors (Lipinski definition) is 10. The second-order valence-electron chi connectivity index (χ2n) is 12.8. The van der Waals surface area contributed by atoms with Crippen molar-refractivity contribution in [2.24, 2.45) is 0 Å². The first-order chi connectivity index (χ1) is 26.2. The van der Waals surface area contributed by atoms with Crippen LogP contribution in [0.1, 0.15) is 56.9 Å². The molecule has 8 rings (SSSR count). The number of anilines is 2. The Balaban J connectivity index is 0.000000167. The first-order valence-corrected chi connectivity index (χ1v) is 17.3. The average Bonchev–Trinajstić information content (AvgIpc) is 4.02. The van der Waals surface area contributed by atoms with Crippen LogP contribution in [-0.4, -0.2) is 99.7 Å². The van der Waals surface area contributed by atoms with Crippen LogP contribution in [0.2, 0.25) is 0 Å². The summed E-state index contributed by atoms with van der Waals surface area (Å²) in [6.45, 7) is 1.08. The van der Waals surface area contributed by atoms with Crippen LogP contribution in [0, 0.1) is 0 Å². The van der Waals surface area contributed by atoms with Crippen molar-refractivity contribution < 1.29 is 19.2 Å². The summed E-state index contributed by atoms with van der Waals surface area (Å²) in [5.74, 6) is 1.32. The Morgan fingerprint density at radius 1 is 0.648 bits per heavy atom. The van der Waals surface area contributed by atoms with E-state index < -0.39 is 23.9 Å². The number of carbonyl (C=O) groups is 4. The fourth-order valence-electron chi connectivity index (χ4n) is 6.25. The molecule has 4 aromatic heterocycles. The number of H-pyrrole nitrogens is 2. The topological polar surface area (TPSA) is 218 Å². The number of aromatic nitrogens is 10. The molecule has 6 heterocycles. The van der Waals surface area contributed by atoms with Crippen molar-refractivity contribution in [1.82, 2.24) is 60.6 Å². The third kappa shape index (κ3) is 7.91. The van der Waals surface area contributed by atoms with Crippen LogP contribution >= 0.6 is 0 Å². The third-order valence-corrected chi connectivity index (χ3v) is 9.10. The summed E-state index contributed by atoms with van der Waals surface area (Å²) in [6, 6.07) is 21.8. The van der Waals surface area contributed by atoms with E-state index in [1.807, 2.05) is 60.7 Å². The SMILES string of the molecule is CN1C(=O)[C@@H](NC(=O)c2n[nH]c(Cc3ccccc3)n2)CCn2nccc21.CN1C(=O)[C@H](NC(=O)c2n[nH]c(Cc3ccccc3)n2)CCn2nccc21. The molecule has 2 aliphatic rings. The van der Waals surface area contributed by atoms with Gasteiger partial charge in [0.2, 0.25) is 11.6 Å². The van der Waals surface area contributed by atoms with Gasteiger partial charge in [0.25, 0.3) is 23.6 Å². The Morgan fingerprint density at radius 3 is 1.46 bits per heavy atom. The molecule has 276 valence electrons.